The van der Waals surface area contributed by atoms with Gasteiger partial charge in [0.1, 0.15) is 5.82 Å². The van der Waals surface area contributed by atoms with E-state index in [0.29, 0.717) is 18.9 Å². The number of halogens is 1. The molecule has 3 rings (SSSR count). The van der Waals surface area contributed by atoms with Crippen molar-refractivity contribution >= 4 is 17.6 Å². The zero-order chi connectivity index (χ0) is 21.5. The number of carbonyl (C=O) groups is 1. The lowest BCUT2D eigenvalue weighted by Gasteiger charge is -2.12. The summed E-state index contributed by atoms with van der Waals surface area (Å²) in [6.07, 6.45) is 0.702. The molecular weight excluding hydrogens is 381 g/mol. The van der Waals surface area contributed by atoms with Crippen LogP contribution in [0.15, 0.2) is 59.6 Å². The third-order valence-corrected chi connectivity index (χ3v) is 4.82. The maximum Gasteiger partial charge on any atom is 0.258 e. The van der Waals surface area contributed by atoms with Crippen molar-refractivity contribution in [3.8, 4) is 0 Å². The molecule has 0 unspecified atom stereocenters. The quantitative estimate of drug-likeness (QED) is 0.477. The summed E-state index contributed by atoms with van der Waals surface area (Å²) in [5.41, 5.74) is 4.31. The van der Waals surface area contributed by atoms with Crippen LogP contribution >= 0.6 is 0 Å². The van der Waals surface area contributed by atoms with Crippen LogP contribution in [0.4, 0.5) is 10.1 Å². The minimum absolute atomic E-state index is 0.230. The second kappa shape index (κ2) is 9.82. The summed E-state index contributed by atoms with van der Waals surface area (Å²) in [6, 6.07) is 15.0. The van der Waals surface area contributed by atoms with Crippen molar-refractivity contribution < 1.29 is 9.18 Å². The van der Waals surface area contributed by atoms with E-state index in [2.05, 4.69) is 34.6 Å². The van der Waals surface area contributed by atoms with E-state index in [-0.39, 0.29) is 5.56 Å². The summed E-state index contributed by atoms with van der Waals surface area (Å²) in [5, 5.41) is 10.4. The van der Waals surface area contributed by atoms with Crippen LogP contribution in [0, 0.1) is 19.7 Å². The first-order valence-corrected chi connectivity index (χ1v) is 9.94. The molecule has 0 fully saturated rings. The summed E-state index contributed by atoms with van der Waals surface area (Å²) in [7, 11) is 0. The standard InChI is InChI=1S/C23H26FN5O/c1-4-29-17(3)21(16(2)28-29)13-14-25-23(26-20-11-6-5-7-12-20)27-22(30)18-9-8-10-19(24)15-18/h5-12,15H,4,13-14H2,1-3H3,(H2,25,26,27,30). The molecule has 156 valence electrons. The zero-order valence-corrected chi connectivity index (χ0v) is 17.4. The van der Waals surface area contributed by atoms with Gasteiger partial charge in [0.25, 0.3) is 5.91 Å². The number of aryl methyl sites for hydroxylation is 2. The number of benzene rings is 2. The first-order chi connectivity index (χ1) is 14.5. The highest BCUT2D eigenvalue weighted by molar-refractivity contribution is 6.09. The largest absolute Gasteiger partial charge is 0.326 e. The molecule has 3 aromatic rings. The average molecular weight is 407 g/mol. The van der Waals surface area contributed by atoms with Gasteiger partial charge in [-0.3, -0.25) is 19.8 Å². The molecule has 1 aromatic heterocycles. The van der Waals surface area contributed by atoms with E-state index in [1.807, 2.05) is 41.9 Å². The molecule has 6 nitrogen and oxygen atoms in total. The Hall–Kier alpha value is -3.48. The van der Waals surface area contributed by atoms with E-state index in [1.54, 1.807) is 6.07 Å². The van der Waals surface area contributed by atoms with Crippen LogP contribution in [-0.2, 0) is 13.0 Å². The lowest BCUT2D eigenvalue weighted by atomic mass is 10.1. The van der Waals surface area contributed by atoms with Crippen LogP contribution in [0.25, 0.3) is 0 Å². The van der Waals surface area contributed by atoms with Crippen LogP contribution in [0.5, 0.6) is 0 Å². The summed E-state index contributed by atoms with van der Waals surface area (Å²) in [4.78, 5) is 17.1. The summed E-state index contributed by atoms with van der Waals surface area (Å²) in [5.74, 6) is -0.576. The van der Waals surface area contributed by atoms with Crippen molar-refractivity contribution in [1.29, 1.82) is 0 Å². The zero-order valence-electron chi connectivity index (χ0n) is 17.4. The number of aromatic nitrogens is 2. The van der Waals surface area contributed by atoms with Gasteiger partial charge >= 0.3 is 0 Å². The molecule has 0 saturated heterocycles. The molecule has 0 aliphatic heterocycles. The highest BCUT2D eigenvalue weighted by Crippen LogP contribution is 2.14. The molecular formula is C23H26FN5O. The number of hydrogen-bond acceptors (Lipinski definition) is 3. The van der Waals surface area contributed by atoms with Crippen LogP contribution in [0.3, 0.4) is 0 Å². The van der Waals surface area contributed by atoms with E-state index in [1.165, 1.54) is 18.2 Å². The summed E-state index contributed by atoms with van der Waals surface area (Å²) < 4.78 is 15.5. The predicted octanol–water partition coefficient (Wildman–Crippen LogP) is 4.10. The molecule has 1 heterocycles. The molecule has 7 heteroatoms. The van der Waals surface area contributed by atoms with Crippen LogP contribution < -0.4 is 10.6 Å². The number of aliphatic imine (C=N–C) groups is 1. The van der Waals surface area contributed by atoms with Gasteiger partial charge in [-0.25, -0.2) is 4.39 Å². The van der Waals surface area contributed by atoms with E-state index < -0.39 is 11.7 Å². The Labute approximate surface area is 175 Å². The number of guanidine groups is 1. The number of rotatable bonds is 6. The number of para-hydroxylation sites is 1. The SMILES string of the molecule is CCn1nc(C)c(CCN=C(NC(=O)c2cccc(F)c2)Nc2ccccc2)c1C. The van der Waals surface area contributed by atoms with Crippen molar-refractivity contribution in [2.75, 3.05) is 11.9 Å². The second-order valence-corrected chi connectivity index (χ2v) is 6.90. The van der Waals surface area contributed by atoms with Gasteiger partial charge in [-0.2, -0.15) is 5.10 Å². The van der Waals surface area contributed by atoms with Gasteiger partial charge in [0.05, 0.1) is 5.69 Å². The molecule has 30 heavy (non-hydrogen) atoms. The molecule has 0 saturated carbocycles. The predicted molar refractivity (Wildman–Crippen MR) is 117 cm³/mol. The molecule has 0 atom stereocenters. The minimum atomic E-state index is -0.462. The topological polar surface area (TPSA) is 71.3 Å². The summed E-state index contributed by atoms with van der Waals surface area (Å²) in [6.45, 7) is 7.39. The Bertz CT molecular complexity index is 1040. The van der Waals surface area contributed by atoms with E-state index in [4.69, 9.17) is 0 Å². The van der Waals surface area contributed by atoms with Gasteiger partial charge in [-0.15, -0.1) is 0 Å². The van der Waals surface area contributed by atoms with Gasteiger partial charge in [0.2, 0.25) is 5.96 Å². The Morgan fingerprint density at radius 2 is 1.90 bits per heavy atom. The monoisotopic (exact) mass is 407 g/mol. The highest BCUT2D eigenvalue weighted by atomic mass is 19.1. The maximum absolute atomic E-state index is 13.5. The maximum atomic E-state index is 13.5. The van der Waals surface area contributed by atoms with E-state index in [9.17, 15) is 9.18 Å². The van der Waals surface area contributed by atoms with Crippen molar-refractivity contribution in [3.05, 3.63) is 82.9 Å². The third-order valence-electron chi connectivity index (χ3n) is 4.82. The van der Waals surface area contributed by atoms with E-state index >= 15 is 0 Å². The normalized spacial score (nSPS) is 11.4. The number of nitrogens with zero attached hydrogens (tertiary/aromatic N) is 3. The molecule has 1 amide bonds. The van der Waals surface area contributed by atoms with Crippen LogP contribution in [0.2, 0.25) is 0 Å². The van der Waals surface area contributed by atoms with Gasteiger partial charge in [-0.1, -0.05) is 24.3 Å². The number of hydrogen-bond donors (Lipinski definition) is 2. The Balaban J connectivity index is 1.76. The molecule has 0 radical (unpaired) electrons. The minimum Gasteiger partial charge on any atom is -0.326 e. The Morgan fingerprint density at radius 3 is 2.57 bits per heavy atom. The first kappa shape index (κ1) is 21.2. The molecule has 0 spiro atoms. The Morgan fingerprint density at radius 1 is 1.13 bits per heavy atom. The average Bonchev–Trinajstić information content (AvgIpc) is 3.02. The number of carbonyl (C=O) groups excluding carboxylic acids is 1. The molecule has 0 bridgehead atoms. The van der Waals surface area contributed by atoms with Crippen molar-refractivity contribution in [1.82, 2.24) is 15.1 Å². The number of nitrogens with one attached hydrogen (secondary N) is 2. The van der Waals surface area contributed by atoms with Gasteiger partial charge < -0.3 is 5.32 Å². The molecule has 0 aliphatic rings. The lowest BCUT2D eigenvalue weighted by Crippen LogP contribution is -2.36. The fourth-order valence-corrected chi connectivity index (χ4v) is 3.26. The fourth-order valence-electron chi connectivity index (χ4n) is 3.26. The lowest BCUT2D eigenvalue weighted by molar-refractivity contribution is 0.0976. The Kier molecular flexibility index (Phi) is 6.95. The second-order valence-electron chi connectivity index (χ2n) is 6.90. The molecule has 2 aromatic carbocycles. The number of amides is 1. The van der Waals surface area contributed by atoms with Crippen molar-refractivity contribution in [3.63, 3.8) is 0 Å². The third kappa shape index (κ3) is 5.31. The molecule has 2 N–H and O–H groups in total. The first-order valence-electron chi connectivity index (χ1n) is 9.94. The highest BCUT2D eigenvalue weighted by Gasteiger charge is 2.12. The van der Waals surface area contributed by atoms with Crippen molar-refractivity contribution in [2.24, 2.45) is 4.99 Å². The van der Waals surface area contributed by atoms with Crippen molar-refractivity contribution in [2.45, 2.75) is 33.7 Å². The smallest absolute Gasteiger partial charge is 0.258 e. The van der Waals surface area contributed by atoms with Gasteiger partial charge in [-0.05, 0) is 63.1 Å². The van der Waals surface area contributed by atoms with Gasteiger partial charge in [0, 0.05) is 30.0 Å². The van der Waals surface area contributed by atoms with E-state index in [0.717, 1.165) is 29.2 Å². The van der Waals surface area contributed by atoms with Crippen LogP contribution in [0.1, 0.15) is 34.2 Å². The fraction of sp³-hybridized carbons (Fsp3) is 0.261. The summed E-state index contributed by atoms with van der Waals surface area (Å²) >= 11 is 0. The number of anilines is 1. The van der Waals surface area contributed by atoms with Crippen LogP contribution in [-0.4, -0.2) is 28.2 Å². The molecule has 0 aliphatic carbocycles. The van der Waals surface area contributed by atoms with Gasteiger partial charge in [0.15, 0.2) is 0 Å².